The van der Waals surface area contributed by atoms with E-state index in [1.165, 1.54) is 6.07 Å². The van der Waals surface area contributed by atoms with Crippen LogP contribution >= 0.6 is 0 Å². The highest BCUT2D eigenvalue weighted by Crippen LogP contribution is 2.39. The predicted molar refractivity (Wildman–Crippen MR) is 62.3 cm³/mol. The number of alkyl halides is 3. The monoisotopic (exact) mass is 258 g/mol. The van der Waals surface area contributed by atoms with Crippen molar-refractivity contribution >= 4 is 5.69 Å². The molecule has 0 fully saturated rings. The Labute approximate surface area is 102 Å². The van der Waals surface area contributed by atoms with Gasteiger partial charge in [-0.25, -0.2) is 0 Å². The predicted octanol–water partition coefficient (Wildman–Crippen LogP) is 4.11. The van der Waals surface area contributed by atoms with E-state index in [2.05, 4.69) is 10.5 Å². The first-order valence-corrected chi connectivity index (χ1v) is 5.75. The molecule has 2 rings (SSSR count). The van der Waals surface area contributed by atoms with Gasteiger partial charge in [0.25, 0.3) is 0 Å². The van der Waals surface area contributed by atoms with Crippen LogP contribution in [-0.4, -0.2) is 6.04 Å². The van der Waals surface area contributed by atoms with Gasteiger partial charge >= 0.3 is 6.18 Å². The molecule has 3 nitrogen and oxygen atoms in total. The van der Waals surface area contributed by atoms with Crippen molar-refractivity contribution in [2.45, 2.75) is 38.0 Å². The van der Waals surface area contributed by atoms with Crippen molar-refractivity contribution < 1.29 is 13.2 Å². The van der Waals surface area contributed by atoms with Crippen molar-refractivity contribution in [1.29, 1.82) is 0 Å². The molecule has 1 aromatic carbocycles. The van der Waals surface area contributed by atoms with E-state index in [0.29, 0.717) is 17.7 Å². The molecular formula is C12H13F3N2O. The number of fused-ring (bicyclic) bond motifs is 1. The van der Waals surface area contributed by atoms with Gasteiger partial charge in [-0.2, -0.15) is 18.1 Å². The van der Waals surface area contributed by atoms with Crippen molar-refractivity contribution in [2.75, 3.05) is 5.32 Å². The van der Waals surface area contributed by atoms with Crippen molar-refractivity contribution in [3.8, 4) is 0 Å². The minimum atomic E-state index is -4.40. The van der Waals surface area contributed by atoms with Gasteiger partial charge in [-0.05, 0) is 31.0 Å². The van der Waals surface area contributed by atoms with E-state index in [4.69, 9.17) is 0 Å². The average Bonchev–Trinajstić information content (AvgIpc) is 2.35. The molecule has 0 spiro atoms. The van der Waals surface area contributed by atoms with Gasteiger partial charge in [-0.1, -0.05) is 12.1 Å². The van der Waals surface area contributed by atoms with Crippen molar-refractivity contribution in [2.24, 2.45) is 5.18 Å². The Balaban J connectivity index is 2.42. The first-order chi connectivity index (χ1) is 8.45. The SMILES string of the molecule is CC[C@@H]1C[C@H](N=O)c2cc(C(F)(F)F)ccc2N1. The third-order valence-electron chi connectivity index (χ3n) is 3.23. The van der Waals surface area contributed by atoms with Crippen LogP contribution in [0.25, 0.3) is 0 Å². The Morgan fingerprint density at radius 2 is 2.17 bits per heavy atom. The molecule has 0 radical (unpaired) electrons. The van der Waals surface area contributed by atoms with Gasteiger partial charge in [0, 0.05) is 17.3 Å². The number of nitrogens with zero attached hydrogens (tertiary/aromatic N) is 1. The number of hydrogen-bond donors (Lipinski definition) is 1. The molecule has 0 amide bonds. The Hall–Kier alpha value is -1.59. The topological polar surface area (TPSA) is 41.5 Å². The summed E-state index contributed by atoms with van der Waals surface area (Å²) in [6, 6.07) is 2.79. The van der Waals surface area contributed by atoms with Gasteiger partial charge in [-0.15, -0.1) is 0 Å². The molecule has 1 aliphatic heterocycles. The number of halogens is 3. The number of benzene rings is 1. The highest BCUT2D eigenvalue weighted by atomic mass is 19.4. The molecule has 18 heavy (non-hydrogen) atoms. The molecule has 1 aromatic rings. The van der Waals surface area contributed by atoms with Crippen LogP contribution in [0.4, 0.5) is 18.9 Å². The van der Waals surface area contributed by atoms with Crippen molar-refractivity contribution in [3.05, 3.63) is 34.2 Å². The molecule has 98 valence electrons. The Morgan fingerprint density at radius 3 is 2.72 bits per heavy atom. The second-order valence-corrected chi connectivity index (χ2v) is 4.41. The van der Waals surface area contributed by atoms with Gasteiger partial charge in [-0.3, -0.25) is 0 Å². The Kier molecular flexibility index (Phi) is 3.28. The number of nitrogens with one attached hydrogen (secondary N) is 1. The summed E-state index contributed by atoms with van der Waals surface area (Å²) in [6.07, 6.45) is -3.16. The maximum atomic E-state index is 12.6. The fraction of sp³-hybridized carbons (Fsp3) is 0.500. The van der Waals surface area contributed by atoms with Gasteiger partial charge < -0.3 is 5.32 Å². The Morgan fingerprint density at radius 1 is 1.44 bits per heavy atom. The molecule has 1 heterocycles. The van der Waals surface area contributed by atoms with Gasteiger partial charge in [0.05, 0.1) is 5.56 Å². The highest BCUT2D eigenvalue weighted by molar-refractivity contribution is 5.57. The summed E-state index contributed by atoms with van der Waals surface area (Å²) in [6.45, 7) is 1.95. The minimum Gasteiger partial charge on any atom is -0.382 e. The van der Waals surface area contributed by atoms with E-state index in [1.54, 1.807) is 0 Å². The van der Waals surface area contributed by atoms with Crippen LogP contribution < -0.4 is 5.32 Å². The maximum Gasteiger partial charge on any atom is 0.416 e. The molecule has 1 aliphatic rings. The van der Waals surface area contributed by atoms with Gasteiger partial charge in [0.1, 0.15) is 6.04 Å². The average molecular weight is 258 g/mol. The summed E-state index contributed by atoms with van der Waals surface area (Å²) in [5.74, 6) is 0. The second kappa shape index (κ2) is 4.59. The van der Waals surface area contributed by atoms with E-state index in [9.17, 15) is 18.1 Å². The second-order valence-electron chi connectivity index (χ2n) is 4.41. The largest absolute Gasteiger partial charge is 0.416 e. The molecule has 0 saturated carbocycles. The van der Waals surface area contributed by atoms with E-state index < -0.39 is 17.8 Å². The van der Waals surface area contributed by atoms with E-state index in [0.717, 1.165) is 18.6 Å². The lowest BCUT2D eigenvalue weighted by Crippen LogP contribution is -2.27. The molecule has 0 saturated heterocycles. The first-order valence-electron chi connectivity index (χ1n) is 5.75. The Bertz CT molecular complexity index is 459. The summed E-state index contributed by atoms with van der Waals surface area (Å²) >= 11 is 0. The third kappa shape index (κ3) is 2.32. The number of nitroso groups, excluding NO2 is 1. The van der Waals surface area contributed by atoms with Crippen LogP contribution in [0.5, 0.6) is 0 Å². The van der Waals surface area contributed by atoms with Crippen molar-refractivity contribution in [1.82, 2.24) is 0 Å². The lowest BCUT2D eigenvalue weighted by molar-refractivity contribution is -0.137. The van der Waals surface area contributed by atoms with Crippen LogP contribution in [0.1, 0.15) is 36.9 Å². The minimum absolute atomic E-state index is 0.0805. The molecule has 0 aromatic heterocycles. The lowest BCUT2D eigenvalue weighted by Gasteiger charge is -2.29. The number of rotatable bonds is 2. The van der Waals surface area contributed by atoms with Crippen LogP contribution in [-0.2, 0) is 6.18 Å². The smallest absolute Gasteiger partial charge is 0.382 e. The van der Waals surface area contributed by atoms with Crippen LogP contribution in [0.3, 0.4) is 0 Å². The molecule has 0 bridgehead atoms. The van der Waals surface area contributed by atoms with Crippen LogP contribution in [0, 0.1) is 4.91 Å². The summed E-state index contributed by atoms with van der Waals surface area (Å²) in [5, 5.41) is 6.08. The zero-order valence-corrected chi connectivity index (χ0v) is 9.79. The van der Waals surface area contributed by atoms with Crippen molar-refractivity contribution in [3.63, 3.8) is 0 Å². The molecular weight excluding hydrogens is 245 g/mol. The lowest BCUT2D eigenvalue weighted by atomic mass is 9.91. The van der Waals surface area contributed by atoms with E-state index >= 15 is 0 Å². The number of hydrogen-bond acceptors (Lipinski definition) is 3. The summed E-state index contributed by atoms with van der Waals surface area (Å²) in [4.78, 5) is 10.8. The first kappa shape index (κ1) is 12.9. The standard InChI is InChI=1S/C12H13F3N2O/c1-2-8-6-11(17-18)9-5-7(12(13,14)15)3-4-10(9)16-8/h3-5,8,11,16H,2,6H2,1H3/t8-,11+/m1/s1. The van der Waals surface area contributed by atoms with Crippen LogP contribution in [0.15, 0.2) is 23.4 Å². The molecule has 6 heteroatoms. The number of anilines is 1. The molecule has 0 aliphatic carbocycles. The zero-order chi connectivity index (χ0) is 13.3. The third-order valence-corrected chi connectivity index (χ3v) is 3.23. The molecule has 1 N–H and O–H groups in total. The maximum absolute atomic E-state index is 12.6. The summed E-state index contributed by atoms with van der Waals surface area (Å²) < 4.78 is 37.8. The summed E-state index contributed by atoms with van der Waals surface area (Å²) in [5.41, 5.74) is 0.168. The fourth-order valence-corrected chi connectivity index (χ4v) is 2.19. The highest BCUT2D eigenvalue weighted by Gasteiger charge is 2.34. The van der Waals surface area contributed by atoms with Gasteiger partial charge in [0.2, 0.25) is 0 Å². The normalized spacial score (nSPS) is 23.1. The zero-order valence-electron chi connectivity index (χ0n) is 9.79. The van der Waals surface area contributed by atoms with Crippen LogP contribution in [0.2, 0.25) is 0 Å². The summed E-state index contributed by atoms with van der Waals surface area (Å²) in [7, 11) is 0. The van der Waals surface area contributed by atoms with E-state index in [1.807, 2.05) is 6.92 Å². The quantitative estimate of drug-likeness (QED) is 0.811. The molecule has 0 unspecified atom stereocenters. The molecule has 2 atom stereocenters. The van der Waals surface area contributed by atoms with E-state index in [-0.39, 0.29) is 6.04 Å². The van der Waals surface area contributed by atoms with Gasteiger partial charge in [0.15, 0.2) is 0 Å². The fourth-order valence-electron chi connectivity index (χ4n) is 2.19.